The third-order valence-corrected chi connectivity index (χ3v) is 4.55. The zero-order chi connectivity index (χ0) is 17.8. The fraction of sp³-hybridized carbons (Fsp3) is 0.158. The molecule has 1 heterocycles. The molecule has 5 nitrogen and oxygen atoms in total. The highest BCUT2D eigenvalue weighted by atomic mass is 32.1. The van der Waals surface area contributed by atoms with Crippen LogP contribution >= 0.6 is 11.3 Å². The van der Waals surface area contributed by atoms with Gasteiger partial charge in [-0.1, -0.05) is 18.2 Å². The number of nitrogens with zero attached hydrogens (tertiary/aromatic N) is 1. The second kappa shape index (κ2) is 7.36. The van der Waals surface area contributed by atoms with Crippen molar-refractivity contribution in [2.75, 3.05) is 19.5 Å². The van der Waals surface area contributed by atoms with Gasteiger partial charge < -0.3 is 9.47 Å². The van der Waals surface area contributed by atoms with Gasteiger partial charge in [0.15, 0.2) is 16.6 Å². The van der Waals surface area contributed by atoms with E-state index < -0.39 is 0 Å². The first-order valence-corrected chi connectivity index (χ1v) is 8.55. The van der Waals surface area contributed by atoms with Crippen LogP contribution in [0.25, 0.3) is 11.3 Å². The fourth-order valence-electron chi connectivity index (χ4n) is 2.45. The van der Waals surface area contributed by atoms with Crippen LogP contribution in [0.2, 0.25) is 0 Å². The fourth-order valence-corrected chi connectivity index (χ4v) is 3.17. The molecule has 2 aromatic carbocycles. The van der Waals surface area contributed by atoms with Crippen LogP contribution in [0.3, 0.4) is 0 Å². The number of hydrogen-bond donors (Lipinski definition) is 1. The molecule has 25 heavy (non-hydrogen) atoms. The average Bonchev–Trinajstić information content (AvgIpc) is 3.09. The molecule has 0 aliphatic heterocycles. The molecule has 3 aromatic rings. The van der Waals surface area contributed by atoms with Crippen molar-refractivity contribution in [2.45, 2.75) is 6.92 Å². The SMILES string of the molecule is COc1ccc(-c2csc(NC(=O)c3ccccc3C)n2)cc1OC. The second-order valence-electron chi connectivity index (χ2n) is 5.38. The first-order chi connectivity index (χ1) is 12.1. The summed E-state index contributed by atoms with van der Waals surface area (Å²) in [5, 5.41) is 5.30. The van der Waals surface area contributed by atoms with Crippen LogP contribution in [0, 0.1) is 6.92 Å². The van der Waals surface area contributed by atoms with Gasteiger partial charge in [0, 0.05) is 16.5 Å². The number of thiazole rings is 1. The Labute approximate surface area is 150 Å². The third-order valence-electron chi connectivity index (χ3n) is 3.79. The van der Waals surface area contributed by atoms with E-state index in [-0.39, 0.29) is 5.91 Å². The van der Waals surface area contributed by atoms with Gasteiger partial charge in [-0.25, -0.2) is 4.98 Å². The summed E-state index contributed by atoms with van der Waals surface area (Å²) in [6.07, 6.45) is 0. The number of benzene rings is 2. The van der Waals surface area contributed by atoms with Gasteiger partial charge in [0.05, 0.1) is 19.9 Å². The smallest absolute Gasteiger partial charge is 0.257 e. The van der Waals surface area contributed by atoms with Crippen molar-refractivity contribution in [3.8, 4) is 22.8 Å². The highest BCUT2D eigenvalue weighted by Crippen LogP contribution is 2.33. The van der Waals surface area contributed by atoms with E-state index in [9.17, 15) is 4.79 Å². The van der Waals surface area contributed by atoms with E-state index >= 15 is 0 Å². The molecule has 1 amide bonds. The van der Waals surface area contributed by atoms with E-state index in [1.807, 2.05) is 48.7 Å². The average molecular weight is 354 g/mol. The highest BCUT2D eigenvalue weighted by Gasteiger charge is 2.13. The number of carbonyl (C=O) groups excluding carboxylic acids is 1. The van der Waals surface area contributed by atoms with E-state index in [0.29, 0.717) is 22.2 Å². The quantitative estimate of drug-likeness (QED) is 0.738. The van der Waals surface area contributed by atoms with Gasteiger partial charge in [-0.2, -0.15) is 0 Å². The van der Waals surface area contributed by atoms with Gasteiger partial charge in [-0.3, -0.25) is 10.1 Å². The molecule has 0 saturated heterocycles. The number of amides is 1. The van der Waals surface area contributed by atoms with Gasteiger partial charge in [-0.15, -0.1) is 11.3 Å². The molecule has 0 aliphatic carbocycles. The van der Waals surface area contributed by atoms with Crippen LogP contribution < -0.4 is 14.8 Å². The van der Waals surface area contributed by atoms with Gasteiger partial charge in [-0.05, 0) is 36.8 Å². The number of carbonyl (C=O) groups is 1. The minimum absolute atomic E-state index is 0.161. The highest BCUT2D eigenvalue weighted by molar-refractivity contribution is 7.14. The summed E-state index contributed by atoms with van der Waals surface area (Å²) in [7, 11) is 3.19. The van der Waals surface area contributed by atoms with Gasteiger partial charge in [0.25, 0.3) is 5.91 Å². The number of ether oxygens (including phenoxy) is 2. The van der Waals surface area contributed by atoms with Gasteiger partial charge in [0.2, 0.25) is 0 Å². The van der Waals surface area contributed by atoms with Crippen molar-refractivity contribution in [1.82, 2.24) is 4.98 Å². The summed E-state index contributed by atoms with van der Waals surface area (Å²) < 4.78 is 10.6. The van der Waals surface area contributed by atoms with Gasteiger partial charge >= 0.3 is 0 Å². The largest absolute Gasteiger partial charge is 0.493 e. The minimum Gasteiger partial charge on any atom is -0.493 e. The van der Waals surface area contributed by atoms with Crippen molar-refractivity contribution >= 4 is 22.4 Å². The van der Waals surface area contributed by atoms with E-state index in [2.05, 4.69) is 10.3 Å². The maximum atomic E-state index is 12.4. The van der Waals surface area contributed by atoms with Crippen LogP contribution in [0.1, 0.15) is 15.9 Å². The summed E-state index contributed by atoms with van der Waals surface area (Å²) in [6.45, 7) is 1.91. The first kappa shape index (κ1) is 17.0. The molecule has 0 aliphatic rings. The molecule has 1 N–H and O–H groups in total. The minimum atomic E-state index is -0.161. The molecular weight excluding hydrogens is 336 g/mol. The Balaban J connectivity index is 1.81. The lowest BCUT2D eigenvalue weighted by molar-refractivity contribution is 0.102. The predicted octanol–water partition coefficient (Wildman–Crippen LogP) is 4.39. The molecule has 0 bridgehead atoms. The molecule has 6 heteroatoms. The maximum Gasteiger partial charge on any atom is 0.257 e. The topological polar surface area (TPSA) is 60.5 Å². The molecule has 0 atom stereocenters. The lowest BCUT2D eigenvalue weighted by atomic mass is 10.1. The summed E-state index contributed by atoms with van der Waals surface area (Å²) in [4.78, 5) is 16.9. The van der Waals surface area contributed by atoms with Crippen LogP contribution in [0.5, 0.6) is 11.5 Å². The summed E-state index contributed by atoms with van der Waals surface area (Å²) in [5.74, 6) is 1.14. The van der Waals surface area contributed by atoms with Crippen molar-refractivity contribution < 1.29 is 14.3 Å². The number of aryl methyl sites for hydroxylation is 1. The molecule has 0 saturated carbocycles. The molecule has 0 spiro atoms. The Kier molecular flexibility index (Phi) is 5.00. The van der Waals surface area contributed by atoms with E-state index in [0.717, 1.165) is 16.8 Å². The molecular formula is C19H18N2O3S. The summed E-state index contributed by atoms with van der Waals surface area (Å²) >= 11 is 1.38. The molecule has 128 valence electrons. The molecule has 1 aromatic heterocycles. The lowest BCUT2D eigenvalue weighted by Crippen LogP contribution is -2.12. The Morgan fingerprint density at radius 1 is 1.08 bits per heavy atom. The Morgan fingerprint density at radius 2 is 1.84 bits per heavy atom. The second-order valence-corrected chi connectivity index (χ2v) is 6.23. The molecule has 0 unspecified atom stereocenters. The van der Waals surface area contributed by atoms with Crippen molar-refractivity contribution in [2.24, 2.45) is 0 Å². The van der Waals surface area contributed by atoms with Gasteiger partial charge in [0.1, 0.15) is 0 Å². The Bertz CT molecular complexity index is 905. The van der Waals surface area contributed by atoms with E-state index in [1.54, 1.807) is 20.3 Å². The van der Waals surface area contributed by atoms with Crippen molar-refractivity contribution in [3.63, 3.8) is 0 Å². The van der Waals surface area contributed by atoms with Crippen molar-refractivity contribution in [3.05, 3.63) is 59.0 Å². The molecule has 0 fully saturated rings. The number of rotatable bonds is 5. The predicted molar refractivity (Wildman–Crippen MR) is 99.8 cm³/mol. The number of methoxy groups -OCH3 is 2. The van der Waals surface area contributed by atoms with Crippen molar-refractivity contribution in [1.29, 1.82) is 0 Å². The van der Waals surface area contributed by atoms with E-state index in [1.165, 1.54) is 11.3 Å². The first-order valence-electron chi connectivity index (χ1n) is 7.67. The standard InChI is InChI=1S/C19H18N2O3S/c1-12-6-4-5-7-14(12)18(22)21-19-20-15(11-25-19)13-8-9-16(23-2)17(10-13)24-3/h4-11H,1-3H3,(H,20,21,22). The lowest BCUT2D eigenvalue weighted by Gasteiger charge is -2.08. The van der Waals surface area contributed by atoms with E-state index in [4.69, 9.17) is 9.47 Å². The van der Waals surface area contributed by atoms with Crippen LogP contribution in [-0.2, 0) is 0 Å². The number of nitrogens with one attached hydrogen (secondary N) is 1. The van der Waals surface area contributed by atoms with Crippen LogP contribution in [-0.4, -0.2) is 25.1 Å². The maximum absolute atomic E-state index is 12.4. The number of anilines is 1. The summed E-state index contributed by atoms with van der Waals surface area (Å²) in [6, 6.07) is 13.1. The normalized spacial score (nSPS) is 10.4. The van der Waals surface area contributed by atoms with Crippen LogP contribution in [0.15, 0.2) is 47.8 Å². The third kappa shape index (κ3) is 3.64. The number of hydrogen-bond acceptors (Lipinski definition) is 5. The monoisotopic (exact) mass is 354 g/mol. The number of aromatic nitrogens is 1. The zero-order valence-electron chi connectivity index (χ0n) is 14.2. The zero-order valence-corrected chi connectivity index (χ0v) is 15.0. The Morgan fingerprint density at radius 3 is 2.56 bits per heavy atom. The summed E-state index contributed by atoms with van der Waals surface area (Å²) in [5.41, 5.74) is 3.23. The molecule has 3 rings (SSSR count). The van der Waals surface area contributed by atoms with Crippen LogP contribution in [0.4, 0.5) is 5.13 Å². The Hall–Kier alpha value is -2.86. The molecule has 0 radical (unpaired) electrons.